The van der Waals surface area contributed by atoms with Gasteiger partial charge in [0.05, 0.1) is 23.8 Å². The maximum absolute atomic E-state index is 4.11. The van der Waals surface area contributed by atoms with Gasteiger partial charge in [0, 0.05) is 6.04 Å². The minimum Gasteiger partial charge on any atom is -0.381 e. The lowest BCUT2D eigenvalue weighted by molar-refractivity contribution is 0.400. The highest BCUT2D eigenvalue weighted by Crippen LogP contribution is 2.45. The molecule has 1 aromatic heterocycles. The van der Waals surface area contributed by atoms with Crippen LogP contribution in [0.3, 0.4) is 0 Å². The van der Waals surface area contributed by atoms with E-state index in [9.17, 15) is 0 Å². The summed E-state index contributed by atoms with van der Waals surface area (Å²) in [6.45, 7) is 2.30. The molecule has 4 nitrogen and oxygen atoms in total. The van der Waals surface area contributed by atoms with Gasteiger partial charge in [0.15, 0.2) is 0 Å². The van der Waals surface area contributed by atoms with E-state index in [4.69, 9.17) is 0 Å². The molecule has 0 aliphatic heterocycles. The van der Waals surface area contributed by atoms with Crippen LogP contribution in [0, 0.1) is 17.8 Å². The Kier molecular flexibility index (Phi) is 3.02. The largest absolute Gasteiger partial charge is 0.381 e. The van der Waals surface area contributed by atoms with Crippen LogP contribution in [0.15, 0.2) is 48.8 Å². The second-order valence-corrected chi connectivity index (χ2v) is 6.24. The maximum Gasteiger partial charge on any atom is 0.0894 e. The first-order valence-corrected chi connectivity index (χ1v) is 7.72. The number of para-hydroxylation sites is 2. The highest BCUT2D eigenvalue weighted by atomic mass is 15.4. The molecule has 1 aromatic carbocycles. The van der Waals surface area contributed by atoms with Crippen molar-refractivity contribution < 1.29 is 0 Å². The van der Waals surface area contributed by atoms with E-state index in [1.54, 1.807) is 6.20 Å². The second kappa shape index (κ2) is 5.02. The van der Waals surface area contributed by atoms with E-state index < -0.39 is 0 Å². The van der Waals surface area contributed by atoms with Crippen LogP contribution in [0.2, 0.25) is 0 Å². The lowest BCUT2D eigenvalue weighted by atomic mass is 9.87. The standard InChI is InChI=1S/C17H20N4/c1-12(15-11-13-6-7-14(15)10-13)19-16-4-2-3-5-17(16)21-9-8-18-20-21/h2-9,12-15,19H,10-11H2,1H3. The first-order chi connectivity index (χ1) is 10.3. The van der Waals surface area contributed by atoms with E-state index in [1.807, 2.05) is 16.9 Å². The highest BCUT2D eigenvalue weighted by molar-refractivity contribution is 5.61. The van der Waals surface area contributed by atoms with Gasteiger partial charge in [-0.1, -0.05) is 29.5 Å². The molecule has 4 atom stereocenters. The Labute approximate surface area is 124 Å². The van der Waals surface area contributed by atoms with Gasteiger partial charge in [-0.3, -0.25) is 0 Å². The van der Waals surface area contributed by atoms with Crippen molar-refractivity contribution in [2.75, 3.05) is 5.32 Å². The number of allylic oxidation sites excluding steroid dienone is 2. The third-order valence-corrected chi connectivity index (χ3v) is 4.93. The van der Waals surface area contributed by atoms with Crippen molar-refractivity contribution in [2.45, 2.75) is 25.8 Å². The van der Waals surface area contributed by atoms with Crippen molar-refractivity contribution in [3.8, 4) is 5.69 Å². The molecule has 0 radical (unpaired) electrons. The van der Waals surface area contributed by atoms with Gasteiger partial charge in [0.2, 0.25) is 0 Å². The summed E-state index contributed by atoms with van der Waals surface area (Å²) in [5.41, 5.74) is 2.18. The first-order valence-electron chi connectivity index (χ1n) is 7.72. The lowest BCUT2D eigenvalue weighted by Gasteiger charge is -2.27. The topological polar surface area (TPSA) is 42.7 Å². The normalized spacial score (nSPS) is 28.0. The van der Waals surface area contributed by atoms with Gasteiger partial charge in [0.25, 0.3) is 0 Å². The van der Waals surface area contributed by atoms with Crippen LogP contribution >= 0.6 is 0 Å². The minimum absolute atomic E-state index is 0.467. The molecule has 4 rings (SSSR count). The molecule has 4 heteroatoms. The third-order valence-electron chi connectivity index (χ3n) is 4.93. The van der Waals surface area contributed by atoms with Crippen LogP contribution in [-0.2, 0) is 0 Å². The molecule has 2 aliphatic rings. The summed E-state index contributed by atoms with van der Waals surface area (Å²) in [6.07, 6.45) is 11.1. The van der Waals surface area contributed by atoms with Crippen LogP contribution < -0.4 is 5.32 Å². The number of fused-ring (bicyclic) bond motifs is 2. The summed E-state index contributed by atoms with van der Waals surface area (Å²) in [4.78, 5) is 0. The number of nitrogens with zero attached hydrogens (tertiary/aromatic N) is 3. The summed E-state index contributed by atoms with van der Waals surface area (Å²) in [5.74, 6) is 2.31. The van der Waals surface area contributed by atoms with Crippen LogP contribution in [0.25, 0.3) is 5.69 Å². The van der Waals surface area contributed by atoms with E-state index in [-0.39, 0.29) is 0 Å². The number of hydrogen-bond acceptors (Lipinski definition) is 3. The predicted octanol–water partition coefficient (Wildman–Crippen LogP) is 3.28. The molecule has 1 heterocycles. The zero-order valence-electron chi connectivity index (χ0n) is 12.2. The number of benzene rings is 1. The minimum atomic E-state index is 0.467. The van der Waals surface area contributed by atoms with Crippen molar-refractivity contribution in [1.29, 1.82) is 0 Å². The zero-order valence-corrected chi connectivity index (χ0v) is 12.2. The van der Waals surface area contributed by atoms with Crippen molar-refractivity contribution in [3.05, 3.63) is 48.8 Å². The SMILES string of the molecule is CC(Nc1ccccc1-n1ccnn1)C1CC2C=CC1C2. The molecule has 21 heavy (non-hydrogen) atoms. The van der Waals surface area contributed by atoms with Crippen molar-refractivity contribution >= 4 is 5.69 Å². The Balaban J connectivity index is 1.56. The molecule has 0 saturated heterocycles. The highest BCUT2D eigenvalue weighted by Gasteiger charge is 2.38. The number of rotatable bonds is 4. The number of nitrogens with one attached hydrogen (secondary N) is 1. The van der Waals surface area contributed by atoms with Crippen LogP contribution in [0.4, 0.5) is 5.69 Å². The molecular weight excluding hydrogens is 260 g/mol. The fraction of sp³-hybridized carbons (Fsp3) is 0.412. The van der Waals surface area contributed by atoms with Crippen LogP contribution in [0.1, 0.15) is 19.8 Å². The average Bonchev–Trinajstić information content (AvgIpc) is 3.25. The molecule has 4 unspecified atom stereocenters. The van der Waals surface area contributed by atoms with Crippen molar-refractivity contribution in [3.63, 3.8) is 0 Å². The van der Waals surface area contributed by atoms with Gasteiger partial charge in [0.1, 0.15) is 0 Å². The Hall–Kier alpha value is -2.10. The van der Waals surface area contributed by atoms with E-state index in [2.05, 4.69) is 52.9 Å². The van der Waals surface area contributed by atoms with Gasteiger partial charge < -0.3 is 5.32 Å². The molecule has 1 saturated carbocycles. The monoisotopic (exact) mass is 280 g/mol. The quantitative estimate of drug-likeness (QED) is 0.874. The molecule has 0 amide bonds. The molecule has 2 aliphatic carbocycles. The summed E-state index contributed by atoms with van der Waals surface area (Å²) < 4.78 is 1.82. The van der Waals surface area contributed by atoms with Crippen molar-refractivity contribution in [2.24, 2.45) is 17.8 Å². The smallest absolute Gasteiger partial charge is 0.0894 e. The molecular formula is C17H20N4. The summed E-state index contributed by atoms with van der Waals surface area (Å²) >= 11 is 0. The van der Waals surface area contributed by atoms with Crippen LogP contribution in [-0.4, -0.2) is 21.0 Å². The molecule has 2 bridgehead atoms. The summed E-state index contributed by atoms with van der Waals surface area (Å²) in [7, 11) is 0. The van der Waals surface area contributed by atoms with Crippen molar-refractivity contribution in [1.82, 2.24) is 15.0 Å². The fourth-order valence-electron chi connectivity index (χ4n) is 3.88. The lowest BCUT2D eigenvalue weighted by Crippen LogP contribution is -2.29. The Bertz CT molecular complexity index is 647. The average molecular weight is 280 g/mol. The van der Waals surface area contributed by atoms with E-state index in [0.717, 1.165) is 29.1 Å². The molecule has 1 fully saturated rings. The summed E-state index contributed by atoms with van der Waals surface area (Å²) in [6, 6.07) is 8.76. The Morgan fingerprint density at radius 1 is 1.24 bits per heavy atom. The molecule has 2 aromatic rings. The fourth-order valence-corrected chi connectivity index (χ4v) is 3.88. The number of hydrogen-bond donors (Lipinski definition) is 1. The Morgan fingerprint density at radius 2 is 2.14 bits per heavy atom. The molecule has 0 spiro atoms. The zero-order chi connectivity index (χ0) is 14.2. The Morgan fingerprint density at radius 3 is 2.86 bits per heavy atom. The number of aromatic nitrogens is 3. The van der Waals surface area contributed by atoms with E-state index >= 15 is 0 Å². The van der Waals surface area contributed by atoms with E-state index in [1.165, 1.54) is 12.8 Å². The number of anilines is 1. The van der Waals surface area contributed by atoms with Gasteiger partial charge in [-0.05, 0) is 49.7 Å². The molecule has 108 valence electrons. The second-order valence-electron chi connectivity index (χ2n) is 6.24. The molecule has 1 N–H and O–H groups in total. The van der Waals surface area contributed by atoms with E-state index in [0.29, 0.717) is 6.04 Å². The predicted molar refractivity (Wildman–Crippen MR) is 83.3 cm³/mol. The third kappa shape index (κ3) is 2.24. The van der Waals surface area contributed by atoms with Gasteiger partial charge in [-0.25, -0.2) is 4.68 Å². The maximum atomic E-state index is 4.11. The summed E-state index contributed by atoms with van der Waals surface area (Å²) in [5, 5.41) is 11.7. The van der Waals surface area contributed by atoms with Gasteiger partial charge in [-0.2, -0.15) is 0 Å². The van der Waals surface area contributed by atoms with Gasteiger partial charge in [-0.15, -0.1) is 5.10 Å². The van der Waals surface area contributed by atoms with Crippen LogP contribution in [0.5, 0.6) is 0 Å². The first kappa shape index (κ1) is 12.6. The van der Waals surface area contributed by atoms with Gasteiger partial charge >= 0.3 is 0 Å².